The molecule has 5 heteroatoms. The van der Waals surface area contributed by atoms with Gasteiger partial charge in [-0.05, 0) is 62.1 Å². The van der Waals surface area contributed by atoms with Crippen LogP contribution in [0, 0.1) is 6.92 Å². The summed E-state index contributed by atoms with van der Waals surface area (Å²) in [6.07, 6.45) is 2.64. The quantitative estimate of drug-likeness (QED) is 0.548. The Balaban J connectivity index is 2.26. The molecule has 142 valence electrons. The summed E-state index contributed by atoms with van der Waals surface area (Å²) >= 11 is 0. The first-order valence-electron chi connectivity index (χ1n) is 9.29. The second-order valence-corrected chi connectivity index (χ2v) is 7.15. The van der Waals surface area contributed by atoms with E-state index < -0.39 is 5.97 Å². The van der Waals surface area contributed by atoms with Gasteiger partial charge in [0.15, 0.2) is 0 Å². The van der Waals surface area contributed by atoms with Crippen LogP contribution in [0.25, 0.3) is 22.2 Å². The molecule has 0 amide bonds. The van der Waals surface area contributed by atoms with E-state index in [1.54, 1.807) is 6.07 Å². The monoisotopic (exact) mass is 365 g/mol. The van der Waals surface area contributed by atoms with Crippen molar-refractivity contribution in [2.24, 2.45) is 5.73 Å². The third kappa shape index (κ3) is 3.69. The summed E-state index contributed by atoms with van der Waals surface area (Å²) in [7, 11) is 4.03. The molecule has 0 unspecified atom stereocenters. The fourth-order valence-electron chi connectivity index (χ4n) is 3.57. The number of rotatable bonds is 7. The maximum atomic E-state index is 11.9. The van der Waals surface area contributed by atoms with E-state index in [4.69, 9.17) is 5.73 Å². The number of carboxylic acids is 1. The van der Waals surface area contributed by atoms with E-state index in [0.29, 0.717) is 12.1 Å². The van der Waals surface area contributed by atoms with E-state index in [9.17, 15) is 9.90 Å². The number of unbranched alkanes of at least 4 members (excludes halogenated alkanes) is 1. The maximum absolute atomic E-state index is 11.9. The van der Waals surface area contributed by atoms with Crippen LogP contribution in [0.4, 0.5) is 5.69 Å². The van der Waals surface area contributed by atoms with Gasteiger partial charge < -0.3 is 20.7 Å². The molecule has 2 aromatic carbocycles. The first-order chi connectivity index (χ1) is 12.9. The number of benzene rings is 2. The summed E-state index contributed by atoms with van der Waals surface area (Å²) in [5.41, 5.74) is 12.2. The Kier molecular flexibility index (Phi) is 5.51. The summed E-state index contributed by atoms with van der Waals surface area (Å²) in [5, 5.41) is 10.5. The van der Waals surface area contributed by atoms with Gasteiger partial charge in [-0.1, -0.05) is 18.2 Å². The molecule has 0 bridgehead atoms. The number of nitrogens with two attached hydrogens (primary N) is 1. The third-order valence-electron chi connectivity index (χ3n) is 5.03. The third-order valence-corrected chi connectivity index (χ3v) is 5.03. The minimum atomic E-state index is -0.896. The molecule has 1 heterocycles. The van der Waals surface area contributed by atoms with E-state index in [-0.39, 0.29) is 0 Å². The number of carboxylic acid groups (broad SMARTS) is 1. The molecule has 0 aliphatic rings. The average molecular weight is 365 g/mol. The lowest BCUT2D eigenvalue weighted by Gasteiger charge is -2.14. The van der Waals surface area contributed by atoms with Crippen LogP contribution >= 0.6 is 0 Å². The molecule has 5 nitrogen and oxygen atoms in total. The van der Waals surface area contributed by atoms with Crippen molar-refractivity contribution < 1.29 is 9.90 Å². The molecular formula is C22H27N3O2. The number of hydrogen-bond acceptors (Lipinski definition) is 3. The van der Waals surface area contributed by atoms with Gasteiger partial charge in [0.05, 0.1) is 5.56 Å². The molecule has 0 radical (unpaired) electrons. The number of aryl methyl sites for hydroxylation is 2. The van der Waals surface area contributed by atoms with Crippen LogP contribution in [0.5, 0.6) is 0 Å². The van der Waals surface area contributed by atoms with Crippen LogP contribution < -0.4 is 10.6 Å². The van der Waals surface area contributed by atoms with Gasteiger partial charge in [0.25, 0.3) is 0 Å². The number of nitrogens with one attached hydrogen (secondary N) is 1. The zero-order valence-electron chi connectivity index (χ0n) is 16.2. The number of aromatic nitrogens is 1. The van der Waals surface area contributed by atoms with Crippen LogP contribution in [0.1, 0.15) is 34.3 Å². The summed E-state index contributed by atoms with van der Waals surface area (Å²) in [4.78, 5) is 17.4. The molecule has 3 aromatic rings. The topological polar surface area (TPSA) is 82.3 Å². The number of aromatic carboxylic acids is 1. The number of nitrogens with zero attached hydrogens (tertiary/aromatic N) is 1. The van der Waals surface area contributed by atoms with Gasteiger partial charge >= 0.3 is 5.97 Å². The van der Waals surface area contributed by atoms with E-state index in [2.05, 4.69) is 28.1 Å². The van der Waals surface area contributed by atoms with E-state index in [1.807, 2.05) is 33.2 Å². The highest BCUT2D eigenvalue weighted by molar-refractivity contribution is 6.07. The van der Waals surface area contributed by atoms with Crippen LogP contribution in [0.3, 0.4) is 0 Å². The maximum Gasteiger partial charge on any atom is 0.336 e. The van der Waals surface area contributed by atoms with E-state index >= 15 is 0 Å². The largest absolute Gasteiger partial charge is 0.478 e. The number of aromatic amines is 1. The van der Waals surface area contributed by atoms with Crippen molar-refractivity contribution in [2.45, 2.75) is 26.2 Å². The lowest BCUT2D eigenvalue weighted by atomic mass is 9.96. The first-order valence-corrected chi connectivity index (χ1v) is 9.29. The molecular weight excluding hydrogens is 338 g/mol. The molecule has 1 aromatic heterocycles. The zero-order chi connectivity index (χ0) is 19.6. The van der Waals surface area contributed by atoms with Gasteiger partial charge in [-0.2, -0.15) is 0 Å². The minimum absolute atomic E-state index is 0.351. The Morgan fingerprint density at radius 2 is 1.96 bits per heavy atom. The standard InChI is InChI=1S/C22H27N3O2/c1-14-10-11-18(22(26)27)19-17(9-4-5-12-23)21(24-20(14)19)15-7-6-8-16(13-15)25(2)3/h6-8,10-11,13,24H,4-5,9,12,23H2,1-3H3,(H,26,27). The van der Waals surface area contributed by atoms with Crippen molar-refractivity contribution in [3.63, 3.8) is 0 Å². The van der Waals surface area contributed by atoms with Crippen molar-refractivity contribution in [1.82, 2.24) is 4.98 Å². The molecule has 3 rings (SSSR count). The second kappa shape index (κ2) is 7.84. The normalized spacial score (nSPS) is 11.1. The fourth-order valence-corrected chi connectivity index (χ4v) is 3.57. The molecule has 0 saturated heterocycles. The average Bonchev–Trinajstić information content (AvgIpc) is 3.02. The van der Waals surface area contributed by atoms with Gasteiger partial charge in [0, 0.05) is 41.9 Å². The van der Waals surface area contributed by atoms with Crippen molar-refractivity contribution in [3.05, 3.63) is 53.1 Å². The second-order valence-electron chi connectivity index (χ2n) is 7.15. The van der Waals surface area contributed by atoms with E-state index in [1.165, 1.54) is 0 Å². The van der Waals surface area contributed by atoms with Crippen LogP contribution in [-0.4, -0.2) is 36.7 Å². The highest BCUT2D eigenvalue weighted by Gasteiger charge is 2.20. The van der Waals surface area contributed by atoms with Crippen molar-refractivity contribution in [3.8, 4) is 11.3 Å². The zero-order valence-corrected chi connectivity index (χ0v) is 16.2. The lowest BCUT2D eigenvalue weighted by Crippen LogP contribution is -2.08. The number of anilines is 1. The molecule has 0 aliphatic carbocycles. The molecule has 0 saturated carbocycles. The van der Waals surface area contributed by atoms with Gasteiger partial charge in [-0.3, -0.25) is 0 Å². The van der Waals surface area contributed by atoms with Gasteiger partial charge in [-0.25, -0.2) is 4.79 Å². The predicted octanol–water partition coefficient (Wildman–Crippen LogP) is 4.19. The number of hydrogen-bond donors (Lipinski definition) is 3. The molecule has 27 heavy (non-hydrogen) atoms. The van der Waals surface area contributed by atoms with Crippen LogP contribution in [-0.2, 0) is 6.42 Å². The molecule has 0 aliphatic heterocycles. The highest BCUT2D eigenvalue weighted by atomic mass is 16.4. The summed E-state index contributed by atoms with van der Waals surface area (Å²) in [6, 6.07) is 11.9. The molecule has 4 N–H and O–H groups in total. The summed E-state index contributed by atoms with van der Waals surface area (Å²) in [6.45, 7) is 2.65. The van der Waals surface area contributed by atoms with E-state index in [0.717, 1.165) is 58.2 Å². The fraction of sp³-hybridized carbons (Fsp3) is 0.318. The summed E-state index contributed by atoms with van der Waals surface area (Å²) in [5.74, 6) is -0.896. The smallest absolute Gasteiger partial charge is 0.336 e. The Morgan fingerprint density at radius 3 is 2.63 bits per heavy atom. The first kappa shape index (κ1) is 19.0. The number of H-pyrrole nitrogens is 1. The highest BCUT2D eigenvalue weighted by Crippen LogP contribution is 2.36. The Labute approximate surface area is 159 Å². The minimum Gasteiger partial charge on any atom is -0.478 e. The van der Waals surface area contributed by atoms with Crippen LogP contribution in [0.2, 0.25) is 0 Å². The van der Waals surface area contributed by atoms with Crippen LogP contribution in [0.15, 0.2) is 36.4 Å². The predicted molar refractivity (Wildman–Crippen MR) is 112 cm³/mol. The van der Waals surface area contributed by atoms with Gasteiger partial charge in [-0.15, -0.1) is 0 Å². The molecule has 0 fully saturated rings. The Hall–Kier alpha value is -2.79. The van der Waals surface area contributed by atoms with Gasteiger partial charge in [0.2, 0.25) is 0 Å². The van der Waals surface area contributed by atoms with Gasteiger partial charge in [0.1, 0.15) is 0 Å². The number of fused-ring (bicyclic) bond motifs is 1. The number of carbonyl (C=O) groups is 1. The van der Waals surface area contributed by atoms with Crippen molar-refractivity contribution in [2.75, 3.05) is 25.5 Å². The summed E-state index contributed by atoms with van der Waals surface area (Å²) < 4.78 is 0. The van der Waals surface area contributed by atoms with Crippen molar-refractivity contribution >= 4 is 22.6 Å². The molecule has 0 spiro atoms. The Bertz CT molecular complexity index is 973. The Morgan fingerprint density at radius 1 is 1.19 bits per heavy atom. The van der Waals surface area contributed by atoms with Crippen molar-refractivity contribution in [1.29, 1.82) is 0 Å². The SMILES string of the molecule is Cc1ccc(C(=O)O)c2c(CCCCN)c(-c3cccc(N(C)C)c3)[nH]c12. The lowest BCUT2D eigenvalue weighted by molar-refractivity contribution is 0.0699. The molecule has 0 atom stereocenters.